The van der Waals surface area contributed by atoms with Crippen LogP contribution < -0.4 is 20.7 Å². The summed E-state index contributed by atoms with van der Waals surface area (Å²) in [5, 5.41) is 3.15. The fourth-order valence-corrected chi connectivity index (χ4v) is 3.01. The summed E-state index contributed by atoms with van der Waals surface area (Å²) in [4.78, 5) is 37.0. The fraction of sp³-hybridized carbons (Fsp3) is 0.500. The predicted octanol–water partition coefficient (Wildman–Crippen LogP) is 3.33. The number of aromatic nitrogens is 2. The zero-order chi connectivity index (χ0) is 25.5. The zero-order valence-electron chi connectivity index (χ0n) is 21.1. The third kappa shape index (κ3) is 7.79. The first-order chi connectivity index (χ1) is 15.9. The van der Waals surface area contributed by atoms with E-state index in [1.165, 1.54) is 11.1 Å². The van der Waals surface area contributed by atoms with E-state index in [2.05, 4.69) is 15.3 Å². The number of rotatable bonds is 9. The van der Waals surface area contributed by atoms with Crippen LogP contribution in [0.25, 0.3) is 0 Å². The van der Waals surface area contributed by atoms with Crippen LogP contribution >= 0.6 is 0 Å². The van der Waals surface area contributed by atoms with E-state index >= 15 is 0 Å². The molecule has 1 atom stereocenters. The fourth-order valence-electron chi connectivity index (χ4n) is 3.01. The van der Waals surface area contributed by atoms with Gasteiger partial charge in [-0.05, 0) is 52.3 Å². The molecule has 10 heteroatoms. The Morgan fingerprint density at radius 1 is 1.12 bits per heavy atom. The number of carbonyl (C=O) groups excluding carboxylic acids is 2. The lowest BCUT2D eigenvalue weighted by molar-refractivity contribution is -0.155. The van der Waals surface area contributed by atoms with E-state index in [0.29, 0.717) is 29.6 Å². The lowest BCUT2D eigenvalue weighted by Gasteiger charge is -2.26. The van der Waals surface area contributed by atoms with Gasteiger partial charge in [0.2, 0.25) is 5.95 Å². The number of nitrogens with zero attached hydrogens (tertiary/aromatic N) is 4. The highest BCUT2D eigenvalue weighted by Crippen LogP contribution is 2.22. The molecule has 2 rings (SSSR count). The number of nitrogens with one attached hydrogen (secondary N) is 1. The first-order valence-corrected chi connectivity index (χ1v) is 11.3. The molecule has 1 aromatic carbocycles. The van der Waals surface area contributed by atoms with Crippen LogP contribution in [0.4, 0.5) is 22.2 Å². The molecule has 0 unspecified atom stereocenters. The third-order valence-corrected chi connectivity index (χ3v) is 4.79. The van der Waals surface area contributed by atoms with Gasteiger partial charge in [-0.3, -0.25) is 0 Å². The Morgan fingerprint density at radius 3 is 2.26 bits per heavy atom. The molecule has 0 radical (unpaired) electrons. The number of anilines is 3. The van der Waals surface area contributed by atoms with Crippen molar-refractivity contribution in [1.29, 1.82) is 0 Å². The molecule has 0 aliphatic carbocycles. The lowest BCUT2D eigenvalue weighted by Crippen LogP contribution is -2.38. The van der Waals surface area contributed by atoms with Crippen LogP contribution in [0.5, 0.6) is 5.75 Å². The summed E-state index contributed by atoms with van der Waals surface area (Å²) in [6, 6.07) is 6.20. The van der Waals surface area contributed by atoms with Gasteiger partial charge in [-0.15, -0.1) is 0 Å². The van der Waals surface area contributed by atoms with Gasteiger partial charge in [0.25, 0.3) is 0 Å². The summed E-state index contributed by atoms with van der Waals surface area (Å²) < 4.78 is 10.9. The summed E-state index contributed by atoms with van der Waals surface area (Å²) in [6.07, 6.45) is 1.37. The SMILES string of the molecule is CCN(CC)c1ncc(N)c(N[C@@H](Cc2ccc(OC(=O)N(C)C)cc2)C(=O)OC(C)(C)C)n1. The molecule has 10 nitrogen and oxygen atoms in total. The molecule has 3 N–H and O–H groups in total. The number of hydrogen-bond donors (Lipinski definition) is 2. The normalized spacial score (nSPS) is 12.0. The zero-order valence-corrected chi connectivity index (χ0v) is 21.1. The minimum absolute atomic E-state index is 0.306. The Labute approximate surface area is 201 Å². The molecule has 0 spiro atoms. The second-order valence-corrected chi connectivity index (χ2v) is 8.99. The minimum atomic E-state index is -0.754. The van der Waals surface area contributed by atoms with Crippen molar-refractivity contribution < 1.29 is 19.1 Å². The highest BCUT2D eigenvalue weighted by Gasteiger charge is 2.27. The van der Waals surface area contributed by atoms with Gasteiger partial charge in [0, 0.05) is 33.6 Å². The second kappa shape index (κ2) is 11.5. The van der Waals surface area contributed by atoms with Crippen molar-refractivity contribution in [3.05, 3.63) is 36.0 Å². The number of esters is 1. The van der Waals surface area contributed by atoms with Gasteiger partial charge in [0.05, 0.1) is 11.9 Å². The van der Waals surface area contributed by atoms with Gasteiger partial charge in [-0.1, -0.05) is 12.1 Å². The molecule has 1 amide bonds. The second-order valence-electron chi connectivity index (χ2n) is 8.99. The summed E-state index contributed by atoms with van der Waals surface area (Å²) in [6.45, 7) is 10.9. The smallest absolute Gasteiger partial charge is 0.414 e. The molecular weight excluding hydrogens is 436 g/mol. The first-order valence-electron chi connectivity index (χ1n) is 11.3. The van der Waals surface area contributed by atoms with Gasteiger partial charge in [0.1, 0.15) is 17.4 Å². The number of benzene rings is 1. The highest BCUT2D eigenvalue weighted by atomic mass is 16.6. The molecular formula is C24H36N6O4. The van der Waals surface area contributed by atoms with Crippen molar-refractivity contribution in [1.82, 2.24) is 14.9 Å². The molecule has 34 heavy (non-hydrogen) atoms. The molecule has 186 valence electrons. The van der Waals surface area contributed by atoms with E-state index in [-0.39, 0.29) is 0 Å². The Kier molecular flexibility index (Phi) is 9.05. The van der Waals surface area contributed by atoms with Crippen molar-refractivity contribution >= 4 is 29.5 Å². The Balaban J connectivity index is 2.28. The van der Waals surface area contributed by atoms with E-state index in [4.69, 9.17) is 15.2 Å². The Morgan fingerprint density at radius 2 is 1.74 bits per heavy atom. The minimum Gasteiger partial charge on any atom is -0.458 e. The maximum Gasteiger partial charge on any atom is 0.414 e. The number of nitrogens with two attached hydrogens (primary N) is 1. The predicted molar refractivity (Wildman–Crippen MR) is 133 cm³/mol. The number of hydrogen-bond acceptors (Lipinski definition) is 9. The molecule has 0 aliphatic heterocycles. The average Bonchev–Trinajstić information content (AvgIpc) is 2.76. The number of amides is 1. The van der Waals surface area contributed by atoms with Crippen molar-refractivity contribution in [2.45, 2.75) is 52.7 Å². The summed E-state index contributed by atoms with van der Waals surface area (Å²) in [7, 11) is 3.22. The van der Waals surface area contributed by atoms with E-state index in [1.54, 1.807) is 38.4 Å². The Bertz CT molecular complexity index is 968. The maximum absolute atomic E-state index is 13.0. The van der Waals surface area contributed by atoms with Gasteiger partial charge < -0.3 is 30.3 Å². The summed E-state index contributed by atoms with van der Waals surface area (Å²) in [5.41, 5.74) is 6.63. The highest BCUT2D eigenvalue weighted by molar-refractivity contribution is 5.81. The van der Waals surface area contributed by atoms with Crippen LogP contribution in [-0.4, -0.2) is 65.8 Å². The average molecular weight is 473 g/mol. The standard InChI is InChI=1S/C24H36N6O4/c1-8-30(9-2)22-26-15-18(25)20(28-22)27-19(21(31)34-24(3,4)5)14-16-10-12-17(13-11-16)33-23(32)29(6)7/h10-13,15,19H,8-9,14,25H2,1-7H3,(H,26,27,28)/t19-/m0/s1. The molecule has 2 aromatic rings. The van der Waals surface area contributed by atoms with Crippen molar-refractivity contribution in [2.75, 3.05) is 43.1 Å². The molecule has 0 aliphatic rings. The van der Waals surface area contributed by atoms with Crippen LogP contribution in [0.15, 0.2) is 30.5 Å². The summed E-state index contributed by atoms with van der Waals surface area (Å²) >= 11 is 0. The van der Waals surface area contributed by atoms with Gasteiger partial charge in [-0.25, -0.2) is 14.6 Å². The largest absolute Gasteiger partial charge is 0.458 e. The molecule has 0 fully saturated rings. The molecule has 1 aromatic heterocycles. The van der Waals surface area contributed by atoms with Crippen LogP contribution in [0, 0.1) is 0 Å². The number of ether oxygens (including phenoxy) is 2. The number of nitrogen functional groups attached to an aromatic ring is 1. The molecule has 0 saturated carbocycles. The van der Waals surface area contributed by atoms with Crippen LogP contribution in [0.2, 0.25) is 0 Å². The quantitative estimate of drug-likeness (QED) is 0.529. The topological polar surface area (TPSA) is 123 Å². The monoisotopic (exact) mass is 472 g/mol. The van der Waals surface area contributed by atoms with E-state index in [9.17, 15) is 9.59 Å². The Hall–Kier alpha value is -3.56. The van der Waals surface area contributed by atoms with Crippen molar-refractivity contribution in [3.8, 4) is 5.75 Å². The van der Waals surface area contributed by atoms with Crippen LogP contribution in [0.3, 0.4) is 0 Å². The molecule has 0 saturated heterocycles. The summed E-state index contributed by atoms with van der Waals surface area (Å²) in [5.74, 6) is 0.868. The van der Waals surface area contributed by atoms with E-state index in [0.717, 1.165) is 18.7 Å². The first kappa shape index (κ1) is 26.7. The van der Waals surface area contributed by atoms with E-state index < -0.39 is 23.7 Å². The van der Waals surface area contributed by atoms with Crippen molar-refractivity contribution in [3.63, 3.8) is 0 Å². The molecule has 0 bridgehead atoms. The maximum atomic E-state index is 13.0. The van der Waals surface area contributed by atoms with Gasteiger partial charge in [-0.2, -0.15) is 4.98 Å². The molecule has 1 heterocycles. The van der Waals surface area contributed by atoms with Gasteiger partial charge in [0.15, 0.2) is 5.82 Å². The van der Waals surface area contributed by atoms with Crippen molar-refractivity contribution in [2.24, 2.45) is 0 Å². The lowest BCUT2D eigenvalue weighted by atomic mass is 10.1. The van der Waals surface area contributed by atoms with E-state index in [1.807, 2.05) is 39.5 Å². The third-order valence-electron chi connectivity index (χ3n) is 4.79. The van der Waals surface area contributed by atoms with Crippen LogP contribution in [0.1, 0.15) is 40.2 Å². The van der Waals surface area contributed by atoms with Gasteiger partial charge >= 0.3 is 12.1 Å². The van der Waals surface area contributed by atoms with Crippen LogP contribution in [-0.2, 0) is 16.0 Å². The number of carbonyl (C=O) groups is 2.